The predicted molar refractivity (Wildman–Crippen MR) is 59.7 cm³/mol. The van der Waals surface area contributed by atoms with Crippen molar-refractivity contribution in [2.24, 2.45) is 5.92 Å². The number of Topliss-reactive ketones (excluding diaryl/α,β-unsaturated/α-hetero) is 1. The molecule has 1 aromatic rings. The predicted octanol–water partition coefficient (Wildman–Crippen LogP) is 3.67. The summed E-state index contributed by atoms with van der Waals surface area (Å²) in [5.74, 6) is -0.125. The SMILES string of the molecule is CCC(C)C(=O)c1cc(C)c(F)cc1C. The van der Waals surface area contributed by atoms with Gasteiger partial charge in [0.1, 0.15) is 5.82 Å². The van der Waals surface area contributed by atoms with Crippen LogP contribution < -0.4 is 0 Å². The molecule has 0 saturated heterocycles. The molecular weight excluding hydrogens is 191 g/mol. The Morgan fingerprint density at radius 2 is 1.93 bits per heavy atom. The number of carbonyl (C=O) groups excluding carboxylic acids is 1. The molecule has 82 valence electrons. The fraction of sp³-hybridized carbons (Fsp3) is 0.462. The van der Waals surface area contributed by atoms with Gasteiger partial charge in [-0.05, 0) is 43.5 Å². The van der Waals surface area contributed by atoms with Gasteiger partial charge in [0.25, 0.3) is 0 Å². The number of aryl methyl sites for hydroxylation is 2. The van der Waals surface area contributed by atoms with Crippen molar-refractivity contribution in [3.8, 4) is 0 Å². The maximum Gasteiger partial charge on any atom is 0.165 e. The van der Waals surface area contributed by atoms with Crippen LogP contribution >= 0.6 is 0 Å². The number of hydrogen-bond donors (Lipinski definition) is 0. The average Bonchev–Trinajstić information content (AvgIpc) is 2.21. The highest BCUT2D eigenvalue weighted by Crippen LogP contribution is 2.19. The van der Waals surface area contributed by atoms with Gasteiger partial charge in [-0.3, -0.25) is 4.79 Å². The molecule has 0 fully saturated rings. The quantitative estimate of drug-likeness (QED) is 0.693. The maximum atomic E-state index is 13.2. The number of carbonyl (C=O) groups is 1. The Kier molecular flexibility index (Phi) is 3.61. The number of hydrogen-bond acceptors (Lipinski definition) is 1. The van der Waals surface area contributed by atoms with Gasteiger partial charge in [-0.2, -0.15) is 0 Å². The van der Waals surface area contributed by atoms with E-state index in [4.69, 9.17) is 0 Å². The Labute approximate surface area is 90.3 Å². The zero-order chi connectivity index (χ0) is 11.6. The van der Waals surface area contributed by atoms with E-state index in [-0.39, 0.29) is 17.5 Å². The third-order valence-electron chi connectivity index (χ3n) is 2.83. The molecule has 0 aromatic heterocycles. The normalized spacial score (nSPS) is 12.6. The molecule has 0 radical (unpaired) electrons. The molecule has 15 heavy (non-hydrogen) atoms. The van der Waals surface area contributed by atoms with Crippen LogP contribution in [0.5, 0.6) is 0 Å². The minimum Gasteiger partial charge on any atom is -0.294 e. The lowest BCUT2D eigenvalue weighted by molar-refractivity contribution is 0.0926. The van der Waals surface area contributed by atoms with Crippen molar-refractivity contribution in [1.82, 2.24) is 0 Å². The van der Waals surface area contributed by atoms with Crippen molar-refractivity contribution < 1.29 is 9.18 Å². The maximum absolute atomic E-state index is 13.2. The first-order valence-electron chi connectivity index (χ1n) is 5.28. The van der Waals surface area contributed by atoms with Crippen LogP contribution in [0.1, 0.15) is 41.8 Å². The van der Waals surface area contributed by atoms with Crippen LogP contribution in [0.4, 0.5) is 4.39 Å². The molecule has 1 atom stereocenters. The second-order valence-electron chi connectivity index (χ2n) is 4.09. The van der Waals surface area contributed by atoms with E-state index < -0.39 is 0 Å². The molecule has 0 heterocycles. The van der Waals surface area contributed by atoms with Gasteiger partial charge in [0.05, 0.1) is 0 Å². The summed E-state index contributed by atoms with van der Waals surface area (Å²) in [5.41, 5.74) is 1.92. The first-order chi connectivity index (χ1) is 6.97. The van der Waals surface area contributed by atoms with E-state index in [2.05, 4.69) is 0 Å². The molecule has 0 N–H and O–H groups in total. The lowest BCUT2D eigenvalue weighted by Gasteiger charge is -2.11. The largest absolute Gasteiger partial charge is 0.294 e. The highest BCUT2D eigenvalue weighted by atomic mass is 19.1. The Morgan fingerprint density at radius 3 is 2.47 bits per heavy atom. The van der Waals surface area contributed by atoms with Crippen LogP contribution in [-0.4, -0.2) is 5.78 Å². The fourth-order valence-corrected chi connectivity index (χ4v) is 1.50. The molecule has 0 bridgehead atoms. The van der Waals surface area contributed by atoms with Gasteiger partial charge in [0.2, 0.25) is 0 Å². The number of benzene rings is 1. The molecule has 0 aliphatic rings. The van der Waals surface area contributed by atoms with E-state index in [0.717, 1.165) is 12.0 Å². The van der Waals surface area contributed by atoms with Crippen molar-refractivity contribution in [3.05, 3.63) is 34.6 Å². The molecule has 0 aliphatic carbocycles. The average molecular weight is 208 g/mol. The zero-order valence-corrected chi connectivity index (χ0v) is 9.73. The molecular formula is C13H17FO. The first-order valence-corrected chi connectivity index (χ1v) is 5.28. The Morgan fingerprint density at radius 1 is 1.33 bits per heavy atom. The zero-order valence-electron chi connectivity index (χ0n) is 9.73. The summed E-state index contributed by atoms with van der Waals surface area (Å²) in [7, 11) is 0. The van der Waals surface area contributed by atoms with Gasteiger partial charge in [0, 0.05) is 11.5 Å². The monoisotopic (exact) mass is 208 g/mol. The van der Waals surface area contributed by atoms with Crippen LogP contribution in [0.15, 0.2) is 12.1 Å². The topological polar surface area (TPSA) is 17.1 Å². The van der Waals surface area contributed by atoms with Crippen LogP contribution in [0, 0.1) is 25.6 Å². The van der Waals surface area contributed by atoms with Gasteiger partial charge in [-0.25, -0.2) is 4.39 Å². The summed E-state index contributed by atoms with van der Waals surface area (Å²) < 4.78 is 13.2. The fourth-order valence-electron chi connectivity index (χ4n) is 1.50. The Bertz CT molecular complexity index is 382. The lowest BCUT2D eigenvalue weighted by Crippen LogP contribution is -2.12. The third kappa shape index (κ3) is 2.44. The van der Waals surface area contributed by atoms with Gasteiger partial charge in [0.15, 0.2) is 5.78 Å². The van der Waals surface area contributed by atoms with E-state index in [0.29, 0.717) is 11.1 Å². The van der Waals surface area contributed by atoms with Crippen molar-refractivity contribution in [3.63, 3.8) is 0 Å². The molecule has 0 spiro atoms. The van der Waals surface area contributed by atoms with E-state index in [1.54, 1.807) is 19.9 Å². The van der Waals surface area contributed by atoms with E-state index in [1.807, 2.05) is 13.8 Å². The summed E-state index contributed by atoms with van der Waals surface area (Å²) in [6.07, 6.45) is 0.814. The highest BCUT2D eigenvalue weighted by Gasteiger charge is 2.16. The van der Waals surface area contributed by atoms with Crippen molar-refractivity contribution in [2.75, 3.05) is 0 Å². The summed E-state index contributed by atoms with van der Waals surface area (Å²) in [6, 6.07) is 3.09. The van der Waals surface area contributed by atoms with E-state index >= 15 is 0 Å². The molecule has 1 unspecified atom stereocenters. The third-order valence-corrected chi connectivity index (χ3v) is 2.83. The summed E-state index contributed by atoms with van der Waals surface area (Å²) in [4.78, 5) is 11.9. The van der Waals surface area contributed by atoms with Crippen LogP contribution in [0.25, 0.3) is 0 Å². The Hall–Kier alpha value is -1.18. The summed E-state index contributed by atoms with van der Waals surface area (Å²) >= 11 is 0. The molecule has 0 saturated carbocycles. The number of halogens is 1. The molecule has 1 aromatic carbocycles. The van der Waals surface area contributed by atoms with Gasteiger partial charge < -0.3 is 0 Å². The smallest absolute Gasteiger partial charge is 0.165 e. The van der Waals surface area contributed by atoms with Crippen molar-refractivity contribution in [2.45, 2.75) is 34.1 Å². The van der Waals surface area contributed by atoms with E-state index in [9.17, 15) is 9.18 Å². The van der Waals surface area contributed by atoms with Gasteiger partial charge in [-0.1, -0.05) is 13.8 Å². The van der Waals surface area contributed by atoms with Crippen molar-refractivity contribution in [1.29, 1.82) is 0 Å². The van der Waals surface area contributed by atoms with E-state index in [1.165, 1.54) is 6.07 Å². The minimum atomic E-state index is -0.242. The van der Waals surface area contributed by atoms with Crippen molar-refractivity contribution >= 4 is 5.78 Å². The number of ketones is 1. The number of rotatable bonds is 3. The second kappa shape index (κ2) is 4.56. The molecule has 1 rings (SSSR count). The van der Waals surface area contributed by atoms with Crippen LogP contribution in [0.2, 0.25) is 0 Å². The Balaban J connectivity index is 3.15. The van der Waals surface area contributed by atoms with Gasteiger partial charge in [-0.15, -0.1) is 0 Å². The minimum absolute atomic E-state index is 0.00793. The van der Waals surface area contributed by atoms with Gasteiger partial charge >= 0.3 is 0 Å². The second-order valence-corrected chi connectivity index (χ2v) is 4.09. The highest BCUT2D eigenvalue weighted by molar-refractivity contribution is 5.99. The molecule has 1 nitrogen and oxygen atoms in total. The van der Waals surface area contributed by atoms with Crippen LogP contribution in [0.3, 0.4) is 0 Å². The standard InChI is InChI=1S/C13H17FO/c1-5-8(2)13(15)11-6-10(4)12(14)7-9(11)3/h6-8H,5H2,1-4H3. The summed E-state index contributed by atoms with van der Waals surface area (Å²) in [6.45, 7) is 7.34. The van der Waals surface area contributed by atoms with Crippen LogP contribution in [-0.2, 0) is 0 Å². The lowest BCUT2D eigenvalue weighted by atomic mass is 9.93. The molecule has 2 heteroatoms. The summed E-state index contributed by atoms with van der Waals surface area (Å²) in [5, 5.41) is 0. The first kappa shape index (κ1) is 11.9. The molecule has 0 aliphatic heterocycles. The molecule has 0 amide bonds.